The van der Waals surface area contributed by atoms with Crippen molar-refractivity contribution in [2.75, 3.05) is 11.5 Å². The maximum Gasteiger partial charge on any atom is 0.151 e. The van der Waals surface area contributed by atoms with Gasteiger partial charge in [-0.1, -0.05) is 61.5 Å². The molecular weight excluding hydrogens is 270 g/mol. The lowest BCUT2D eigenvalue weighted by Gasteiger charge is -2.12. The van der Waals surface area contributed by atoms with E-state index in [-0.39, 0.29) is 11.5 Å². The molecule has 0 aliphatic rings. The molecule has 3 nitrogen and oxygen atoms in total. The van der Waals surface area contributed by atoms with Crippen LogP contribution < -0.4 is 5.73 Å². The molecule has 0 aliphatic carbocycles. The average molecular weight is 289 g/mol. The molecule has 2 N–H and O–H groups in total. The Hall–Kier alpha value is -1.65. The van der Waals surface area contributed by atoms with Crippen LogP contribution in [0, 0.1) is 0 Å². The van der Waals surface area contributed by atoms with Gasteiger partial charge < -0.3 is 5.73 Å². The highest BCUT2D eigenvalue weighted by molar-refractivity contribution is 7.91. The fourth-order valence-corrected chi connectivity index (χ4v) is 3.02. The van der Waals surface area contributed by atoms with Crippen molar-refractivity contribution >= 4 is 9.84 Å². The lowest BCUT2D eigenvalue weighted by Crippen LogP contribution is -2.22. The van der Waals surface area contributed by atoms with Crippen molar-refractivity contribution < 1.29 is 8.42 Å². The average Bonchev–Trinajstić information content (AvgIpc) is 2.48. The molecule has 0 fully saturated rings. The van der Waals surface area contributed by atoms with E-state index in [2.05, 4.69) is 0 Å². The molecule has 20 heavy (non-hydrogen) atoms. The summed E-state index contributed by atoms with van der Waals surface area (Å²) < 4.78 is 23.2. The molecule has 1 atom stereocenters. The molecule has 0 unspecified atom stereocenters. The molecule has 0 saturated heterocycles. The second-order valence-electron chi connectivity index (χ2n) is 4.79. The number of hydrogen-bond acceptors (Lipinski definition) is 3. The van der Waals surface area contributed by atoms with Crippen molar-refractivity contribution in [3.63, 3.8) is 0 Å². The van der Waals surface area contributed by atoms with Crippen molar-refractivity contribution in [3.05, 3.63) is 60.2 Å². The van der Waals surface area contributed by atoms with E-state index in [1.807, 2.05) is 54.6 Å². The third kappa shape index (κ3) is 3.68. The minimum absolute atomic E-state index is 0.00577. The van der Waals surface area contributed by atoms with Gasteiger partial charge in [0, 0.05) is 11.8 Å². The van der Waals surface area contributed by atoms with Gasteiger partial charge in [0.05, 0.1) is 5.75 Å². The second kappa shape index (κ2) is 6.20. The second-order valence-corrected chi connectivity index (χ2v) is 7.19. The maximum absolute atomic E-state index is 11.6. The summed E-state index contributed by atoms with van der Waals surface area (Å²) in [5.41, 5.74) is 9.05. The number of benzene rings is 2. The molecule has 2 aromatic rings. The third-order valence-corrected chi connectivity index (χ3v) is 5.07. The summed E-state index contributed by atoms with van der Waals surface area (Å²) in [4.78, 5) is 0. The first kappa shape index (κ1) is 14.8. The van der Waals surface area contributed by atoms with E-state index in [0.29, 0.717) is 0 Å². The molecule has 0 aromatic heterocycles. The summed E-state index contributed by atoms with van der Waals surface area (Å²) >= 11 is 0. The van der Waals surface area contributed by atoms with E-state index in [9.17, 15) is 8.42 Å². The van der Waals surface area contributed by atoms with E-state index in [4.69, 9.17) is 5.73 Å². The van der Waals surface area contributed by atoms with E-state index in [1.54, 1.807) is 6.92 Å². The van der Waals surface area contributed by atoms with Gasteiger partial charge in [-0.2, -0.15) is 0 Å². The van der Waals surface area contributed by atoms with Gasteiger partial charge in [-0.15, -0.1) is 0 Å². The van der Waals surface area contributed by atoms with E-state index < -0.39 is 15.9 Å². The summed E-state index contributed by atoms with van der Waals surface area (Å²) in [6.45, 7) is 1.64. The zero-order valence-corrected chi connectivity index (χ0v) is 12.3. The van der Waals surface area contributed by atoms with Crippen molar-refractivity contribution in [2.45, 2.75) is 13.0 Å². The Balaban J connectivity index is 2.16. The number of sulfone groups is 1. The molecule has 0 radical (unpaired) electrons. The van der Waals surface area contributed by atoms with Crippen LogP contribution in [0.5, 0.6) is 0 Å². The Morgan fingerprint density at radius 2 is 1.50 bits per heavy atom. The van der Waals surface area contributed by atoms with Crippen molar-refractivity contribution in [1.82, 2.24) is 0 Å². The van der Waals surface area contributed by atoms with Gasteiger partial charge in [-0.05, 0) is 16.7 Å². The van der Waals surface area contributed by atoms with Gasteiger partial charge in [0.2, 0.25) is 0 Å². The Bertz CT molecular complexity index is 649. The van der Waals surface area contributed by atoms with Crippen LogP contribution in [0.2, 0.25) is 0 Å². The lowest BCUT2D eigenvalue weighted by atomic mass is 10.0. The van der Waals surface area contributed by atoms with Gasteiger partial charge in [0.25, 0.3) is 0 Å². The molecule has 0 saturated carbocycles. The van der Waals surface area contributed by atoms with Gasteiger partial charge in [0.1, 0.15) is 0 Å². The summed E-state index contributed by atoms with van der Waals surface area (Å²) in [6, 6.07) is 17.3. The van der Waals surface area contributed by atoms with Crippen LogP contribution in [-0.2, 0) is 9.84 Å². The predicted molar refractivity (Wildman–Crippen MR) is 83.1 cm³/mol. The Morgan fingerprint density at radius 3 is 2.05 bits per heavy atom. The lowest BCUT2D eigenvalue weighted by molar-refractivity contribution is 0.590. The molecule has 0 spiro atoms. The monoisotopic (exact) mass is 289 g/mol. The molecule has 2 aromatic carbocycles. The molecule has 0 heterocycles. The van der Waals surface area contributed by atoms with Crippen LogP contribution in [0.1, 0.15) is 18.5 Å². The smallest absolute Gasteiger partial charge is 0.151 e. The SMILES string of the molecule is CCS(=O)(=O)C[C@H](N)c1ccc(-c2ccccc2)cc1. The molecular formula is C16H19NO2S. The van der Waals surface area contributed by atoms with Crippen LogP contribution in [0.3, 0.4) is 0 Å². The normalized spacial score (nSPS) is 13.1. The zero-order chi connectivity index (χ0) is 14.6. The van der Waals surface area contributed by atoms with Crippen molar-refractivity contribution in [2.24, 2.45) is 5.73 Å². The summed E-state index contributed by atoms with van der Waals surface area (Å²) in [5.74, 6) is 0.122. The summed E-state index contributed by atoms with van der Waals surface area (Å²) in [6.07, 6.45) is 0. The first-order valence-electron chi connectivity index (χ1n) is 6.63. The number of rotatable bonds is 5. The minimum atomic E-state index is -3.05. The number of nitrogens with two attached hydrogens (primary N) is 1. The van der Waals surface area contributed by atoms with Gasteiger partial charge in [0.15, 0.2) is 9.84 Å². The van der Waals surface area contributed by atoms with E-state index in [1.165, 1.54) is 0 Å². The van der Waals surface area contributed by atoms with Crippen LogP contribution >= 0.6 is 0 Å². The van der Waals surface area contributed by atoms with Gasteiger partial charge in [-0.3, -0.25) is 0 Å². The molecule has 106 valence electrons. The van der Waals surface area contributed by atoms with E-state index in [0.717, 1.165) is 16.7 Å². The largest absolute Gasteiger partial charge is 0.323 e. The quantitative estimate of drug-likeness (QED) is 0.920. The van der Waals surface area contributed by atoms with Gasteiger partial charge in [-0.25, -0.2) is 8.42 Å². The fourth-order valence-electron chi connectivity index (χ4n) is 2.04. The molecule has 2 rings (SSSR count). The van der Waals surface area contributed by atoms with Crippen LogP contribution in [0.15, 0.2) is 54.6 Å². The summed E-state index contributed by atoms with van der Waals surface area (Å²) in [7, 11) is -3.05. The Morgan fingerprint density at radius 1 is 0.950 bits per heavy atom. The van der Waals surface area contributed by atoms with Crippen LogP contribution in [0.25, 0.3) is 11.1 Å². The maximum atomic E-state index is 11.6. The zero-order valence-electron chi connectivity index (χ0n) is 11.5. The van der Waals surface area contributed by atoms with Crippen LogP contribution in [0.4, 0.5) is 0 Å². The number of hydrogen-bond donors (Lipinski definition) is 1. The predicted octanol–water partition coefficient (Wildman–Crippen LogP) is 2.79. The van der Waals surface area contributed by atoms with Crippen molar-refractivity contribution in [3.8, 4) is 11.1 Å². The molecule has 4 heteroatoms. The highest BCUT2D eigenvalue weighted by Crippen LogP contribution is 2.21. The van der Waals surface area contributed by atoms with Gasteiger partial charge >= 0.3 is 0 Å². The highest BCUT2D eigenvalue weighted by Gasteiger charge is 2.15. The molecule has 0 bridgehead atoms. The first-order valence-corrected chi connectivity index (χ1v) is 8.45. The fraction of sp³-hybridized carbons (Fsp3) is 0.250. The van der Waals surface area contributed by atoms with E-state index >= 15 is 0 Å². The third-order valence-electron chi connectivity index (χ3n) is 3.32. The Labute approximate surface area is 120 Å². The topological polar surface area (TPSA) is 60.2 Å². The standard InChI is InChI=1S/C16H19NO2S/c1-2-20(18,19)12-16(17)15-10-8-14(9-11-15)13-6-4-3-5-7-13/h3-11,16H,2,12,17H2,1H3/t16-/m0/s1. The minimum Gasteiger partial charge on any atom is -0.323 e. The summed E-state index contributed by atoms with van der Waals surface area (Å²) in [5, 5.41) is 0. The van der Waals surface area contributed by atoms with Crippen LogP contribution in [-0.4, -0.2) is 19.9 Å². The molecule has 0 amide bonds. The molecule has 0 aliphatic heterocycles. The highest BCUT2D eigenvalue weighted by atomic mass is 32.2. The van der Waals surface area contributed by atoms with Crippen molar-refractivity contribution in [1.29, 1.82) is 0 Å². The first-order chi connectivity index (χ1) is 9.52. The Kier molecular flexibility index (Phi) is 4.57.